The van der Waals surface area contributed by atoms with E-state index in [1.807, 2.05) is 0 Å². The molecule has 0 amide bonds. The van der Waals surface area contributed by atoms with Gasteiger partial charge in [0, 0.05) is 0 Å². The van der Waals surface area contributed by atoms with Gasteiger partial charge in [-0.2, -0.15) is 4.31 Å². The third-order valence-electron chi connectivity index (χ3n) is 8.53. The third-order valence-corrected chi connectivity index (χ3v) is 12.0. The molecule has 4 fully saturated rings. The van der Waals surface area contributed by atoms with Gasteiger partial charge in [-0.05, 0) is 0 Å². The fourth-order valence-electron chi connectivity index (χ4n) is 5.38. The Labute approximate surface area is 297 Å². The third kappa shape index (κ3) is 9.78. The maximum Gasteiger partial charge on any atom is 0.488 e. The van der Waals surface area contributed by atoms with E-state index < -0.39 is 165 Å². The molecule has 0 aromatic heterocycles. The highest BCUT2D eigenvalue weighted by atomic mass is 31.3. The Morgan fingerprint density at radius 2 is 0.528 bits per heavy atom. The van der Waals surface area contributed by atoms with Crippen LogP contribution in [-0.2, 0) is 50.5 Å². The Hall–Kier alpha value is -0.540. The van der Waals surface area contributed by atoms with Crippen molar-refractivity contribution >= 4 is 15.6 Å². The summed E-state index contributed by atoms with van der Waals surface area (Å²) in [6.07, 6.45) is -44.3. The zero-order chi connectivity index (χ0) is 39.7. The molecule has 0 aliphatic carbocycles. The van der Waals surface area contributed by atoms with Crippen LogP contribution >= 0.6 is 15.6 Å². The van der Waals surface area contributed by atoms with E-state index in [0.717, 1.165) is 0 Å². The van der Waals surface area contributed by atoms with Gasteiger partial charge in [0.15, 0.2) is 25.2 Å². The topological polar surface area (TPSA) is 441 Å². The van der Waals surface area contributed by atoms with Crippen LogP contribution in [0.1, 0.15) is 0 Å². The summed E-state index contributed by atoms with van der Waals surface area (Å²) < 4.78 is 74.7. The molecule has 27 nitrogen and oxygen atoms in total. The van der Waals surface area contributed by atoms with E-state index in [4.69, 9.17) is 41.4 Å². The molecular weight excluding hydrogens is 782 g/mol. The van der Waals surface area contributed by atoms with Gasteiger partial charge in [0.2, 0.25) is 0 Å². The van der Waals surface area contributed by atoms with E-state index in [0.29, 0.717) is 0 Å². The molecule has 0 saturated carbocycles. The highest BCUT2D eigenvalue weighted by Gasteiger charge is 2.57. The number of hydrogen-bond acceptors (Lipinski definition) is 27. The number of aliphatic hydroxyl groups is 16. The van der Waals surface area contributed by atoms with Gasteiger partial charge in [-0.15, -0.1) is 0 Å². The zero-order valence-electron chi connectivity index (χ0n) is 26.9. The Morgan fingerprint density at radius 1 is 0.340 bits per heavy atom. The molecule has 0 spiro atoms. The van der Waals surface area contributed by atoms with Crippen LogP contribution in [0.5, 0.6) is 0 Å². The Morgan fingerprint density at radius 3 is 0.698 bits per heavy atom. The molecule has 4 aliphatic rings. The number of hydrogen-bond donors (Lipinski definition) is 16. The zero-order valence-corrected chi connectivity index (χ0v) is 28.7. The summed E-state index contributed by atoms with van der Waals surface area (Å²) in [6, 6.07) is 0. The Kier molecular flexibility index (Phi) is 15.7. The summed E-state index contributed by atoms with van der Waals surface area (Å²) in [6.45, 7) is -4.38. The van der Waals surface area contributed by atoms with Crippen LogP contribution in [0.2, 0.25) is 0 Å². The Balaban J connectivity index is 1.78. The van der Waals surface area contributed by atoms with Crippen LogP contribution < -0.4 is 0 Å². The van der Waals surface area contributed by atoms with E-state index >= 15 is 0 Å². The molecule has 53 heavy (non-hydrogen) atoms. The minimum atomic E-state index is -6.22. The molecule has 0 bridgehead atoms. The van der Waals surface area contributed by atoms with E-state index in [-0.39, 0.29) is 0 Å². The molecule has 0 radical (unpaired) electrons. The lowest BCUT2D eigenvalue weighted by Gasteiger charge is -2.44. The molecule has 4 saturated heterocycles. The summed E-state index contributed by atoms with van der Waals surface area (Å²) in [5, 5.41) is 162. The maximum atomic E-state index is 14.5. The average molecular weight is 827 g/mol. The molecule has 4 aliphatic heterocycles. The monoisotopic (exact) mass is 826 g/mol. The van der Waals surface area contributed by atoms with Crippen molar-refractivity contribution < 1.29 is 132 Å². The maximum absolute atomic E-state index is 14.5. The van der Waals surface area contributed by atoms with Crippen molar-refractivity contribution in [2.24, 2.45) is 0 Å². The molecule has 0 aromatic carbocycles. The Bertz CT molecular complexity index is 1080. The molecular formula is C24H44O27P2. The van der Waals surface area contributed by atoms with Crippen molar-refractivity contribution in [3.63, 3.8) is 0 Å². The first-order valence-electron chi connectivity index (χ1n) is 15.6. The van der Waals surface area contributed by atoms with Crippen molar-refractivity contribution in [2.45, 2.75) is 123 Å². The van der Waals surface area contributed by atoms with E-state index in [2.05, 4.69) is 0 Å². The number of aliphatic hydroxyl groups excluding tert-OH is 16. The van der Waals surface area contributed by atoms with Crippen molar-refractivity contribution in [1.82, 2.24) is 0 Å². The van der Waals surface area contributed by atoms with Crippen molar-refractivity contribution in [3.05, 3.63) is 0 Å². The lowest BCUT2D eigenvalue weighted by molar-refractivity contribution is -0.300. The molecule has 4 unspecified atom stereocenters. The van der Waals surface area contributed by atoms with Gasteiger partial charge in [-0.3, -0.25) is 18.1 Å². The predicted molar refractivity (Wildman–Crippen MR) is 156 cm³/mol. The minimum absolute atomic E-state index is 1.09. The summed E-state index contributed by atoms with van der Waals surface area (Å²) in [5.41, 5.74) is 0. The lowest BCUT2D eigenvalue weighted by atomic mass is 9.99. The second-order valence-electron chi connectivity index (χ2n) is 12.2. The summed E-state index contributed by atoms with van der Waals surface area (Å²) in [5.74, 6) is 0. The first-order chi connectivity index (χ1) is 24.7. The van der Waals surface area contributed by atoms with Crippen LogP contribution in [-0.4, -0.2) is 231 Å². The van der Waals surface area contributed by atoms with E-state index in [1.54, 1.807) is 0 Å². The van der Waals surface area contributed by atoms with Crippen molar-refractivity contribution in [3.8, 4) is 0 Å². The summed E-state index contributed by atoms with van der Waals surface area (Å²) in [4.78, 5) is 0. The van der Waals surface area contributed by atoms with Gasteiger partial charge in [-0.25, -0.2) is 9.13 Å². The normalized spacial score (nSPS) is 49.2. The number of phosphoric ester groups is 2. The van der Waals surface area contributed by atoms with Gasteiger partial charge in [0.1, 0.15) is 97.7 Å². The van der Waals surface area contributed by atoms with Crippen LogP contribution in [0, 0.1) is 0 Å². The predicted octanol–water partition coefficient (Wildman–Crippen LogP) is -9.51. The smallest absolute Gasteiger partial charge is 0.394 e. The fourth-order valence-corrected chi connectivity index (χ4v) is 8.79. The van der Waals surface area contributed by atoms with Gasteiger partial charge in [0.05, 0.1) is 26.4 Å². The summed E-state index contributed by atoms with van der Waals surface area (Å²) in [7, 11) is -12.4. The molecule has 312 valence electrons. The highest BCUT2D eigenvalue weighted by Crippen LogP contribution is 2.69. The van der Waals surface area contributed by atoms with Crippen LogP contribution in [0.3, 0.4) is 0 Å². The number of ether oxygens (including phenoxy) is 4. The first kappa shape index (κ1) is 45.2. The van der Waals surface area contributed by atoms with Crippen LogP contribution in [0.15, 0.2) is 0 Å². The fraction of sp³-hybridized carbons (Fsp3) is 1.00. The van der Waals surface area contributed by atoms with Crippen LogP contribution in [0.4, 0.5) is 0 Å². The van der Waals surface area contributed by atoms with Gasteiger partial charge in [-0.1, -0.05) is 0 Å². The van der Waals surface area contributed by atoms with Crippen molar-refractivity contribution in [2.75, 3.05) is 26.4 Å². The SMILES string of the molecule is O=P(OC1O[C@H](CO)[C@@H](O)[C@H](O)[C@@H]1O)(OC1O[C@H](CO)[C@@H](O)[C@H](O)[C@@H]1O)OP(=O)(OC1O[C@H](CO)[C@@H](O)[C@H](O)[C@@H]1O)OC1O[C@H](CO)[C@@H](O)[C@H](O)[C@@H]1O. The quantitative estimate of drug-likeness (QED) is 0.0723. The van der Waals surface area contributed by atoms with E-state index in [9.17, 15) is 90.8 Å². The minimum Gasteiger partial charge on any atom is -0.394 e. The standard InChI is InChI=1S/C24H44O27P2/c25-1-5-9(29)13(33)17(37)21(43-5)47-52(41,48-22-18(38)14(34)10(30)6(2-26)44-22)51-53(42,49-23-19(39)15(35)11(31)7(3-27)45-23)50-24-20(40)16(36)12(32)8(4-28)46-24/h5-40H,1-4H2/t5-,6-,7-,8-,9-,10-,11-,12-,13+,14+,15+,16+,17+,18+,19+,20+,21?,22?,23?,24?,52?,53?/m1/s1. The lowest BCUT2D eigenvalue weighted by Crippen LogP contribution is -2.60. The van der Waals surface area contributed by atoms with Gasteiger partial charge >= 0.3 is 15.6 Å². The van der Waals surface area contributed by atoms with Crippen LogP contribution in [0.25, 0.3) is 0 Å². The van der Waals surface area contributed by atoms with Gasteiger partial charge < -0.3 is 101 Å². The molecule has 29 heteroatoms. The molecule has 16 N–H and O–H groups in total. The second-order valence-corrected chi connectivity index (χ2v) is 15.5. The highest BCUT2D eigenvalue weighted by molar-refractivity contribution is 7.62. The second kappa shape index (κ2) is 18.4. The molecule has 0 aromatic rings. The number of rotatable bonds is 14. The van der Waals surface area contributed by atoms with E-state index in [1.165, 1.54) is 0 Å². The molecule has 4 heterocycles. The van der Waals surface area contributed by atoms with Crippen molar-refractivity contribution in [1.29, 1.82) is 0 Å². The average Bonchev–Trinajstić information content (AvgIpc) is 3.12. The first-order valence-corrected chi connectivity index (χ1v) is 18.5. The number of phosphoric acid groups is 2. The molecule has 4 rings (SSSR count). The van der Waals surface area contributed by atoms with Gasteiger partial charge in [0.25, 0.3) is 0 Å². The summed E-state index contributed by atoms with van der Waals surface area (Å²) >= 11 is 0. The molecule has 20 atom stereocenters. The largest absolute Gasteiger partial charge is 0.488 e.